The number of aromatic nitrogens is 3. The Bertz CT molecular complexity index is 378. The number of ether oxygens (including phenoxy) is 1. The van der Waals surface area contributed by atoms with Gasteiger partial charge in [0.15, 0.2) is 5.82 Å². The molecule has 86 valence electrons. The third-order valence-electron chi connectivity index (χ3n) is 3.39. The molecule has 0 aromatic carbocycles. The molecule has 0 unspecified atom stereocenters. The smallest absolute Gasteiger partial charge is 0.231 e. The molecule has 1 amide bonds. The van der Waals surface area contributed by atoms with Gasteiger partial charge in [0, 0.05) is 0 Å². The summed E-state index contributed by atoms with van der Waals surface area (Å²) in [4.78, 5) is 12.0. The molecule has 2 bridgehead atoms. The summed E-state index contributed by atoms with van der Waals surface area (Å²) < 4.78 is 5.75. The van der Waals surface area contributed by atoms with Crippen molar-refractivity contribution in [1.29, 1.82) is 0 Å². The second-order valence-electron chi connectivity index (χ2n) is 4.40. The van der Waals surface area contributed by atoms with Crippen LogP contribution in [0, 0.1) is 5.92 Å². The highest BCUT2D eigenvalue weighted by Crippen LogP contribution is 2.36. The molecule has 3 atom stereocenters. The molecular formula is C10H14N4O2. The topological polar surface area (TPSA) is 79.9 Å². The van der Waals surface area contributed by atoms with Crippen molar-refractivity contribution in [2.24, 2.45) is 5.92 Å². The van der Waals surface area contributed by atoms with Gasteiger partial charge in [0.2, 0.25) is 5.91 Å². The molecule has 0 saturated carbocycles. The zero-order valence-corrected chi connectivity index (χ0v) is 8.85. The minimum absolute atomic E-state index is 0.000694. The molecule has 16 heavy (non-hydrogen) atoms. The van der Waals surface area contributed by atoms with Crippen molar-refractivity contribution in [3.05, 3.63) is 6.20 Å². The average molecular weight is 222 g/mol. The van der Waals surface area contributed by atoms with Crippen LogP contribution in [0.5, 0.6) is 0 Å². The van der Waals surface area contributed by atoms with E-state index >= 15 is 0 Å². The minimum atomic E-state index is -0.0320. The van der Waals surface area contributed by atoms with Crippen molar-refractivity contribution in [1.82, 2.24) is 15.4 Å². The summed E-state index contributed by atoms with van der Waals surface area (Å²) in [7, 11) is 0. The van der Waals surface area contributed by atoms with Crippen LogP contribution >= 0.6 is 0 Å². The molecule has 0 spiro atoms. The van der Waals surface area contributed by atoms with Crippen molar-refractivity contribution < 1.29 is 9.53 Å². The van der Waals surface area contributed by atoms with Crippen LogP contribution in [0.3, 0.4) is 0 Å². The largest absolute Gasteiger partial charge is 0.374 e. The fourth-order valence-electron chi connectivity index (χ4n) is 2.57. The first-order chi connectivity index (χ1) is 7.83. The Hall–Kier alpha value is -1.43. The van der Waals surface area contributed by atoms with E-state index in [0.29, 0.717) is 11.9 Å². The van der Waals surface area contributed by atoms with Crippen molar-refractivity contribution in [2.45, 2.75) is 37.9 Å². The summed E-state index contributed by atoms with van der Waals surface area (Å²) in [6.45, 7) is 0. The lowest BCUT2D eigenvalue weighted by Gasteiger charge is -2.27. The third kappa shape index (κ3) is 1.69. The van der Waals surface area contributed by atoms with E-state index in [1.165, 1.54) is 6.20 Å². The minimum Gasteiger partial charge on any atom is -0.374 e. The van der Waals surface area contributed by atoms with Crippen LogP contribution in [0.25, 0.3) is 0 Å². The molecule has 2 aliphatic heterocycles. The molecular weight excluding hydrogens is 208 g/mol. The van der Waals surface area contributed by atoms with Crippen molar-refractivity contribution in [3.63, 3.8) is 0 Å². The Labute approximate surface area is 92.7 Å². The van der Waals surface area contributed by atoms with E-state index in [1.54, 1.807) is 0 Å². The van der Waals surface area contributed by atoms with Crippen molar-refractivity contribution >= 4 is 11.7 Å². The number of nitrogens with zero attached hydrogens (tertiary/aromatic N) is 2. The Kier molecular flexibility index (Phi) is 2.36. The number of carbonyl (C=O) groups is 1. The summed E-state index contributed by atoms with van der Waals surface area (Å²) >= 11 is 0. The molecule has 1 aromatic rings. The van der Waals surface area contributed by atoms with Gasteiger partial charge in [-0.2, -0.15) is 10.3 Å². The first-order valence-corrected chi connectivity index (χ1v) is 5.65. The molecule has 2 fully saturated rings. The first kappa shape index (κ1) is 9.77. The molecule has 2 aliphatic rings. The van der Waals surface area contributed by atoms with E-state index in [9.17, 15) is 4.79 Å². The van der Waals surface area contributed by atoms with Crippen LogP contribution in [-0.2, 0) is 9.53 Å². The van der Waals surface area contributed by atoms with E-state index in [-0.39, 0.29) is 17.9 Å². The number of fused-ring (bicyclic) bond motifs is 2. The first-order valence-electron chi connectivity index (χ1n) is 5.65. The molecule has 3 heterocycles. The fourth-order valence-corrected chi connectivity index (χ4v) is 2.57. The van der Waals surface area contributed by atoms with Crippen LogP contribution in [0.15, 0.2) is 6.20 Å². The lowest BCUT2D eigenvalue weighted by molar-refractivity contribution is -0.128. The van der Waals surface area contributed by atoms with Crippen molar-refractivity contribution in [2.75, 3.05) is 5.32 Å². The predicted octanol–water partition coefficient (Wildman–Crippen LogP) is 0.701. The molecule has 6 heteroatoms. The van der Waals surface area contributed by atoms with Gasteiger partial charge in [0.1, 0.15) is 0 Å². The van der Waals surface area contributed by atoms with Gasteiger partial charge >= 0.3 is 0 Å². The number of amides is 1. The Morgan fingerprint density at radius 3 is 3.12 bits per heavy atom. The van der Waals surface area contributed by atoms with Gasteiger partial charge < -0.3 is 10.1 Å². The van der Waals surface area contributed by atoms with Crippen LogP contribution < -0.4 is 5.32 Å². The van der Waals surface area contributed by atoms with Crippen molar-refractivity contribution in [3.8, 4) is 0 Å². The van der Waals surface area contributed by atoms with E-state index in [0.717, 1.165) is 25.7 Å². The van der Waals surface area contributed by atoms with Gasteiger partial charge in [-0.1, -0.05) is 0 Å². The second kappa shape index (κ2) is 3.86. The normalized spacial score (nSPS) is 32.6. The van der Waals surface area contributed by atoms with Gasteiger partial charge in [0.05, 0.1) is 24.3 Å². The van der Waals surface area contributed by atoms with Gasteiger partial charge in [-0.15, -0.1) is 5.10 Å². The predicted molar refractivity (Wildman–Crippen MR) is 55.6 cm³/mol. The summed E-state index contributed by atoms with van der Waals surface area (Å²) in [5, 5.41) is 12.7. The maximum Gasteiger partial charge on any atom is 0.231 e. The molecule has 6 nitrogen and oxygen atoms in total. The fraction of sp³-hybridized carbons (Fsp3) is 0.700. The zero-order chi connectivity index (χ0) is 11.0. The molecule has 0 aliphatic carbocycles. The second-order valence-corrected chi connectivity index (χ2v) is 4.40. The van der Waals surface area contributed by atoms with Gasteiger partial charge in [-0.05, 0) is 25.7 Å². The SMILES string of the molecule is O=C(Nc1cn[nH]n1)[C@@H]1CC[C@H]2CC[C@H]1O2. The zero-order valence-electron chi connectivity index (χ0n) is 8.85. The number of nitrogens with one attached hydrogen (secondary N) is 2. The van der Waals surface area contributed by atoms with E-state index < -0.39 is 0 Å². The summed E-state index contributed by atoms with van der Waals surface area (Å²) in [6, 6.07) is 0. The summed E-state index contributed by atoms with van der Waals surface area (Å²) in [5.74, 6) is 0.444. The molecule has 2 saturated heterocycles. The molecule has 1 aromatic heterocycles. The summed E-state index contributed by atoms with van der Waals surface area (Å²) in [6.07, 6.45) is 6.00. The van der Waals surface area contributed by atoms with E-state index in [2.05, 4.69) is 20.7 Å². The lowest BCUT2D eigenvalue weighted by atomic mass is 9.94. The molecule has 0 radical (unpaired) electrons. The molecule has 2 N–H and O–H groups in total. The van der Waals surface area contributed by atoms with Crippen LogP contribution in [0.1, 0.15) is 25.7 Å². The van der Waals surface area contributed by atoms with E-state index in [4.69, 9.17) is 4.74 Å². The number of aromatic amines is 1. The van der Waals surface area contributed by atoms with Gasteiger partial charge in [-0.25, -0.2) is 0 Å². The Balaban J connectivity index is 1.66. The van der Waals surface area contributed by atoms with Crippen LogP contribution in [0.2, 0.25) is 0 Å². The third-order valence-corrected chi connectivity index (χ3v) is 3.39. The Morgan fingerprint density at radius 1 is 1.44 bits per heavy atom. The summed E-state index contributed by atoms with van der Waals surface area (Å²) in [5.41, 5.74) is 0. The Morgan fingerprint density at radius 2 is 2.31 bits per heavy atom. The van der Waals surface area contributed by atoms with Crippen LogP contribution in [0.4, 0.5) is 5.82 Å². The highest BCUT2D eigenvalue weighted by atomic mass is 16.5. The number of hydrogen-bond acceptors (Lipinski definition) is 4. The van der Waals surface area contributed by atoms with E-state index in [1.807, 2.05) is 0 Å². The van der Waals surface area contributed by atoms with Gasteiger partial charge in [0.25, 0.3) is 0 Å². The maximum absolute atomic E-state index is 12.0. The monoisotopic (exact) mass is 222 g/mol. The number of hydrogen-bond donors (Lipinski definition) is 2. The number of anilines is 1. The number of carbonyl (C=O) groups excluding carboxylic acids is 1. The molecule has 3 rings (SSSR count). The lowest BCUT2D eigenvalue weighted by Crippen LogP contribution is -2.36. The average Bonchev–Trinajstić information content (AvgIpc) is 2.90. The number of H-pyrrole nitrogens is 1. The highest BCUT2D eigenvalue weighted by molar-refractivity contribution is 5.92. The maximum atomic E-state index is 12.0. The van der Waals surface area contributed by atoms with Crippen LogP contribution in [-0.4, -0.2) is 33.5 Å². The number of rotatable bonds is 2. The van der Waals surface area contributed by atoms with Gasteiger partial charge in [-0.3, -0.25) is 4.79 Å². The quantitative estimate of drug-likeness (QED) is 0.772. The standard InChI is InChI=1S/C10H14N4O2/c15-10(12-9-5-11-14-13-9)7-3-1-6-2-4-8(7)16-6/h5-8H,1-4H2,(H2,11,12,13,14,15)/t6-,7+,8+/m0/s1. The highest BCUT2D eigenvalue weighted by Gasteiger charge is 2.40.